The van der Waals surface area contributed by atoms with Crippen LogP contribution in [0.5, 0.6) is 0 Å². The highest BCUT2D eigenvalue weighted by Crippen LogP contribution is 2.39. The van der Waals surface area contributed by atoms with Gasteiger partial charge in [0.05, 0.1) is 0 Å². The van der Waals surface area contributed by atoms with Crippen molar-refractivity contribution < 1.29 is 0 Å². The van der Waals surface area contributed by atoms with Gasteiger partial charge in [0.15, 0.2) is 0 Å². The number of likely N-dealkylation sites (tertiary alicyclic amines) is 1. The highest BCUT2D eigenvalue weighted by molar-refractivity contribution is 6.05. The normalized spacial score (nSPS) is 26.0. The van der Waals surface area contributed by atoms with Gasteiger partial charge in [-0.2, -0.15) is 4.99 Å². The number of aliphatic imine (C=N–C) groups is 2. The van der Waals surface area contributed by atoms with Crippen LogP contribution in [0.15, 0.2) is 34.3 Å². The van der Waals surface area contributed by atoms with Crippen LogP contribution in [0.1, 0.15) is 57.4 Å². The predicted molar refractivity (Wildman–Crippen MR) is 112 cm³/mol. The fraction of sp³-hybridized carbons (Fsp3) is 0.619. The monoisotopic (exact) mass is 368 g/mol. The van der Waals surface area contributed by atoms with Crippen LogP contribution in [0, 0.1) is 5.92 Å². The second-order valence-corrected chi connectivity index (χ2v) is 8.47. The van der Waals surface area contributed by atoms with E-state index in [-0.39, 0.29) is 5.66 Å². The Kier molecular flexibility index (Phi) is 5.08. The number of piperidine rings is 1. The van der Waals surface area contributed by atoms with Crippen LogP contribution in [0.3, 0.4) is 0 Å². The molecule has 27 heavy (non-hydrogen) atoms. The van der Waals surface area contributed by atoms with Gasteiger partial charge in [0.2, 0.25) is 11.9 Å². The Morgan fingerprint density at radius 2 is 1.96 bits per heavy atom. The molecule has 0 aromatic heterocycles. The quantitative estimate of drug-likeness (QED) is 0.859. The molecule has 1 saturated carbocycles. The van der Waals surface area contributed by atoms with E-state index < -0.39 is 0 Å². The van der Waals surface area contributed by atoms with Crippen LogP contribution in [0.4, 0.5) is 5.69 Å². The van der Waals surface area contributed by atoms with Crippen molar-refractivity contribution in [2.75, 3.05) is 18.0 Å². The molecular weight excluding hydrogens is 336 g/mol. The lowest BCUT2D eigenvalue weighted by Gasteiger charge is -2.45. The molecule has 4 rings (SSSR count). The zero-order chi connectivity index (χ0) is 18.9. The second-order valence-electron chi connectivity index (χ2n) is 8.47. The Morgan fingerprint density at radius 1 is 1.15 bits per heavy atom. The molecule has 6 heteroatoms. The van der Waals surface area contributed by atoms with E-state index in [0.717, 1.165) is 43.8 Å². The number of rotatable bonds is 3. The van der Waals surface area contributed by atoms with Crippen LogP contribution in [0.25, 0.3) is 0 Å². The SMILES string of the molecule is CC1CCCN(Cc2cccc(N3C(N)=NC(N)=NC34CCCCC4)c2)C1. The van der Waals surface area contributed by atoms with Crippen LogP contribution >= 0.6 is 0 Å². The van der Waals surface area contributed by atoms with Gasteiger partial charge in [-0.15, -0.1) is 0 Å². The molecule has 1 spiro atoms. The number of nitrogens with two attached hydrogens (primary N) is 2. The van der Waals surface area contributed by atoms with E-state index in [2.05, 4.69) is 46.0 Å². The van der Waals surface area contributed by atoms with Crippen molar-refractivity contribution in [3.05, 3.63) is 29.8 Å². The fourth-order valence-corrected chi connectivity index (χ4v) is 4.98. The molecule has 0 bridgehead atoms. The summed E-state index contributed by atoms with van der Waals surface area (Å²) in [4.78, 5) is 13.8. The molecule has 1 atom stereocenters. The predicted octanol–water partition coefficient (Wildman–Crippen LogP) is 3.03. The van der Waals surface area contributed by atoms with Crippen molar-refractivity contribution in [1.29, 1.82) is 0 Å². The third kappa shape index (κ3) is 3.81. The fourth-order valence-electron chi connectivity index (χ4n) is 4.98. The third-order valence-electron chi connectivity index (χ3n) is 6.17. The number of guanidine groups is 2. The zero-order valence-corrected chi connectivity index (χ0v) is 16.4. The van der Waals surface area contributed by atoms with Crippen molar-refractivity contribution in [3.63, 3.8) is 0 Å². The molecule has 0 amide bonds. The first-order chi connectivity index (χ1) is 13.1. The van der Waals surface area contributed by atoms with E-state index in [1.165, 1.54) is 37.9 Å². The van der Waals surface area contributed by atoms with E-state index in [9.17, 15) is 0 Å². The minimum atomic E-state index is -0.369. The average molecular weight is 369 g/mol. The van der Waals surface area contributed by atoms with E-state index in [1.807, 2.05) is 0 Å². The van der Waals surface area contributed by atoms with Gasteiger partial charge in [-0.25, -0.2) is 4.99 Å². The third-order valence-corrected chi connectivity index (χ3v) is 6.17. The van der Waals surface area contributed by atoms with Crippen molar-refractivity contribution >= 4 is 17.6 Å². The summed E-state index contributed by atoms with van der Waals surface area (Å²) in [7, 11) is 0. The van der Waals surface area contributed by atoms with E-state index in [4.69, 9.17) is 16.5 Å². The Hall–Kier alpha value is -2.08. The molecule has 1 aromatic carbocycles. The van der Waals surface area contributed by atoms with Gasteiger partial charge < -0.3 is 11.5 Å². The Labute approximate surface area is 162 Å². The van der Waals surface area contributed by atoms with Gasteiger partial charge in [-0.05, 0) is 68.7 Å². The Bertz CT molecular complexity index is 734. The summed E-state index contributed by atoms with van der Waals surface area (Å²) in [5, 5.41) is 0. The number of nitrogens with zero attached hydrogens (tertiary/aromatic N) is 4. The second kappa shape index (κ2) is 7.50. The van der Waals surface area contributed by atoms with Gasteiger partial charge >= 0.3 is 0 Å². The first kappa shape index (κ1) is 18.3. The van der Waals surface area contributed by atoms with Crippen molar-refractivity contribution in [3.8, 4) is 0 Å². The highest BCUT2D eigenvalue weighted by atomic mass is 15.4. The lowest BCUT2D eigenvalue weighted by Crippen LogP contribution is -2.58. The summed E-state index contributed by atoms with van der Waals surface area (Å²) >= 11 is 0. The maximum absolute atomic E-state index is 6.36. The summed E-state index contributed by atoms with van der Waals surface area (Å²) < 4.78 is 0. The molecule has 1 aliphatic carbocycles. The first-order valence-corrected chi connectivity index (χ1v) is 10.4. The average Bonchev–Trinajstić information content (AvgIpc) is 2.62. The Balaban J connectivity index is 1.60. The summed E-state index contributed by atoms with van der Waals surface area (Å²) in [6.07, 6.45) is 8.12. The van der Waals surface area contributed by atoms with Crippen LogP contribution in [-0.4, -0.2) is 35.6 Å². The van der Waals surface area contributed by atoms with Gasteiger partial charge in [-0.1, -0.05) is 25.5 Å². The molecule has 1 unspecified atom stereocenters. The van der Waals surface area contributed by atoms with E-state index >= 15 is 0 Å². The smallest absolute Gasteiger partial charge is 0.220 e. The lowest BCUT2D eigenvalue weighted by atomic mass is 9.87. The molecule has 146 valence electrons. The number of anilines is 1. The van der Waals surface area contributed by atoms with Crippen molar-refractivity contribution in [2.45, 2.75) is 64.1 Å². The summed E-state index contributed by atoms with van der Waals surface area (Å²) in [6, 6.07) is 8.72. The topological polar surface area (TPSA) is 83.2 Å². The molecule has 2 aliphatic heterocycles. The maximum atomic E-state index is 6.36. The van der Waals surface area contributed by atoms with Crippen LogP contribution in [0.2, 0.25) is 0 Å². The van der Waals surface area contributed by atoms with Crippen molar-refractivity contribution in [2.24, 2.45) is 27.4 Å². The summed E-state index contributed by atoms with van der Waals surface area (Å²) in [6.45, 7) is 5.71. The summed E-state index contributed by atoms with van der Waals surface area (Å²) in [5.74, 6) is 1.56. The van der Waals surface area contributed by atoms with Gasteiger partial charge in [-0.3, -0.25) is 9.80 Å². The van der Waals surface area contributed by atoms with E-state index in [1.54, 1.807) is 0 Å². The summed E-state index contributed by atoms with van der Waals surface area (Å²) in [5.41, 5.74) is 14.4. The van der Waals surface area contributed by atoms with Crippen LogP contribution in [-0.2, 0) is 6.54 Å². The largest absolute Gasteiger partial charge is 0.369 e. The lowest BCUT2D eigenvalue weighted by molar-refractivity contribution is 0.176. The van der Waals surface area contributed by atoms with Crippen LogP contribution < -0.4 is 16.4 Å². The minimum absolute atomic E-state index is 0.309. The number of benzene rings is 1. The van der Waals surface area contributed by atoms with Crippen molar-refractivity contribution in [1.82, 2.24) is 4.90 Å². The van der Waals surface area contributed by atoms with E-state index in [0.29, 0.717) is 11.9 Å². The molecule has 0 radical (unpaired) electrons. The first-order valence-electron chi connectivity index (χ1n) is 10.4. The molecule has 6 nitrogen and oxygen atoms in total. The minimum Gasteiger partial charge on any atom is -0.369 e. The number of hydrogen-bond acceptors (Lipinski definition) is 6. The number of hydrogen-bond donors (Lipinski definition) is 2. The van der Waals surface area contributed by atoms with Gasteiger partial charge in [0.25, 0.3) is 0 Å². The molecule has 4 N–H and O–H groups in total. The van der Waals surface area contributed by atoms with Gasteiger partial charge in [0, 0.05) is 18.8 Å². The standard InChI is InChI=1S/C21H32N6/c1-16-7-6-12-26(14-16)15-17-8-5-9-18(13-17)27-20(23)24-19(22)25-21(27)10-3-2-4-11-21/h5,8-9,13,16H,2-4,6-7,10-12,14-15H2,1H3,(H4,22,23,24,25). The molecule has 2 fully saturated rings. The van der Waals surface area contributed by atoms with Gasteiger partial charge in [0.1, 0.15) is 5.66 Å². The maximum Gasteiger partial charge on any atom is 0.220 e. The Morgan fingerprint density at radius 3 is 2.74 bits per heavy atom. The molecule has 2 heterocycles. The molecule has 1 saturated heterocycles. The molecule has 1 aromatic rings. The zero-order valence-electron chi connectivity index (χ0n) is 16.4. The molecular formula is C21H32N6. The molecule has 3 aliphatic rings. The highest BCUT2D eigenvalue weighted by Gasteiger charge is 2.42.